The van der Waals surface area contributed by atoms with Crippen molar-refractivity contribution < 1.29 is 14.4 Å². The Morgan fingerprint density at radius 1 is 0.852 bits per heavy atom. The minimum atomic E-state index is -0.692. The number of hydrogen-bond acceptors (Lipinski definition) is 3. The van der Waals surface area contributed by atoms with Crippen LogP contribution < -0.4 is 21.7 Å². The molecule has 0 radical (unpaired) electrons. The zero-order valence-electron chi connectivity index (χ0n) is 15.6. The summed E-state index contributed by atoms with van der Waals surface area (Å²) in [5.41, 5.74) is 7.68. The summed E-state index contributed by atoms with van der Waals surface area (Å²) in [6.07, 6.45) is 0. The zero-order chi connectivity index (χ0) is 20.0. The lowest BCUT2D eigenvalue weighted by Crippen LogP contribution is -2.47. The number of carbonyl (C=O) groups excluding carboxylic acids is 3. The third kappa shape index (κ3) is 5.85. The van der Waals surface area contributed by atoms with Crippen LogP contribution in [-0.2, 0) is 4.79 Å². The zero-order valence-corrected chi connectivity index (χ0v) is 15.6. The summed E-state index contributed by atoms with van der Waals surface area (Å²) in [5, 5.41) is 8.00. The number of nitrogens with one attached hydrogen (secondary N) is 3. The molecule has 4 amide bonds. The molecule has 142 valence electrons. The molecule has 0 heterocycles. The number of hydrogen-bond donors (Lipinski definition) is 4. The van der Waals surface area contributed by atoms with Gasteiger partial charge in [0.15, 0.2) is 0 Å². The molecule has 1 atom stereocenters. The maximum atomic E-state index is 12.6. The van der Waals surface area contributed by atoms with E-state index in [1.165, 1.54) is 0 Å². The van der Waals surface area contributed by atoms with Gasteiger partial charge in [0.1, 0.15) is 6.04 Å². The Morgan fingerprint density at radius 2 is 1.37 bits per heavy atom. The van der Waals surface area contributed by atoms with E-state index in [1.54, 1.807) is 36.4 Å². The minimum absolute atomic E-state index is 0.102. The van der Waals surface area contributed by atoms with Crippen LogP contribution in [-0.4, -0.2) is 23.9 Å². The highest BCUT2D eigenvalue weighted by molar-refractivity contribution is 6.01. The molecule has 0 aliphatic rings. The maximum Gasteiger partial charge on any atom is 0.316 e. The highest BCUT2D eigenvalue weighted by Gasteiger charge is 2.24. The highest BCUT2D eigenvalue weighted by Crippen LogP contribution is 2.15. The second kappa shape index (κ2) is 8.84. The van der Waals surface area contributed by atoms with Crippen LogP contribution in [0.4, 0.5) is 16.2 Å². The number of rotatable bonds is 6. The monoisotopic (exact) mass is 368 g/mol. The van der Waals surface area contributed by atoms with Gasteiger partial charge in [0.25, 0.3) is 5.91 Å². The van der Waals surface area contributed by atoms with E-state index in [4.69, 9.17) is 5.73 Å². The number of amides is 4. The van der Waals surface area contributed by atoms with E-state index in [9.17, 15) is 14.4 Å². The summed E-state index contributed by atoms with van der Waals surface area (Å²) in [7, 11) is 0. The minimum Gasteiger partial charge on any atom is -0.351 e. The summed E-state index contributed by atoms with van der Waals surface area (Å²) in [4.78, 5) is 35.9. The average molecular weight is 368 g/mol. The van der Waals surface area contributed by atoms with Gasteiger partial charge in [-0.1, -0.05) is 31.5 Å². The molecule has 0 bridgehead atoms. The molecule has 0 aliphatic heterocycles. The first-order valence-corrected chi connectivity index (χ1v) is 8.61. The molecule has 2 aromatic rings. The van der Waals surface area contributed by atoms with Gasteiger partial charge in [-0.2, -0.15) is 0 Å². The van der Waals surface area contributed by atoms with E-state index >= 15 is 0 Å². The first kappa shape index (κ1) is 20.0. The largest absolute Gasteiger partial charge is 0.351 e. The number of nitrogens with two attached hydrogens (primary N) is 1. The summed E-state index contributed by atoms with van der Waals surface area (Å²) >= 11 is 0. The molecule has 27 heavy (non-hydrogen) atoms. The van der Waals surface area contributed by atoms with Crippen molar-refractivity contribution in [3.8, 4) is 0 Å². The second-order valence-corrected chi connectivity index (χ2v) is 6.62. The summed E-state index contributed by atoms with van der Waals surface area (Å²) in [6.45, 7) is 5.66. The van der Waals surface area contributed by atoms with Crippen LogP contribution in [0.25, 0.3) is 0 Å². The Hall–Kier alpha value is -3.35. The molecular weight excluding hydrogens is 344 g/mol. The molecule has 7 nitrogen and oxygen atoms in total. The van der Waals surface area contributed by atoms with Crippen LogP contribution in [0.3, 0.4) is 0 Å². The predicted molar refractivity (Wildman–Crippen MR) is 106 cm³/mol. The summed E-state index contributed by atoms with van der Waals surface area (Å²) in [5.74, 6) is -0.721. The fourth-order valence-corrected chi connectivity index (χ4v) is 2.46. The molecule has 5 N–H and O–H groups in total. The maximum absolute atomic E-state index is 12.6. The van der Waals surface area contributed by atoms with Gasteiger partial charge in [0, 0.05) is 16.9 Å². The quantitative estimate of drug-likeness (QED) is 0.628. The molecule has 0 saturated heterocycles. The van der Waals surface area contributed by atoms with Crippen molar-refractivity contribution in [3.63, 3.8) is 0 Å². The van der Waals surface area contributed by atoms with Gasteiger partial charge >= 0.3 is 6.03 Å². The van der Waals surface area contributed by atoms with E-state index in [2.05, 4.69) is 16.0 Å². The second-order valence-electron chi connectivity index (χ2n) is 6.62. The van der Waals surface area contributed by atoms with Crippen LogP contribution >= 0.6 is 0 Å². The smallest absolute Gasteiger partial charge is 0.316 e. The Balaban J connectivity index is 2.04. The Kier molecular flexibility index (Phi) is 6.54. The molecule has 0 fully saturated rings. The van der Waals surface area contributed by atoms with Crippen molar-refractivity contribution in [1.29, 1.82) is 0 Å². The molecule has 2 aromatic carbocycles. The summed E-state index contributed by atoms with van der Waals surface area (Å²) < 4.78 is 0. The van der Waals surface area contributed by atoms with E-state index in [1.807, 2.05) is 32.9 Å². The van der Waals surface area contributed by atoms with Gasteiger partial charge in [0.2, 0.25) is 5.91 Å². The normalized spacial score (nSPS) is 11.6. The van der Waals surface area contributed by atoms with Gasteiger partial charge in [-0.3, -0.25) is 9.59 Å². The average Bonchev–Trinajstić information content (AvgIpc) is 2.61. The van der Waals surface area contributed by atoms with Crippen molar-refractivity contribution >= 4 is 29.2 Å². The Morgan fingerprint density at radius 3 is 1.85 bits per heavy atom. The Labute approximate surface area is 158 Å². The third-order valence-corrected chi connectivity index (χ3v) is 3.97. The summed E-state index contributed by atoms with van der Waals surface area (Å²) in [6, 6.07) is 12.3. The number of benzene rings is 2. The highest BCUT2D eigenvalue weighted by atomic mass is 16.2. The van der Waals surface area contributed by atoms with Gasteiger partial charge < -0.3 is 21.7 Å². The fourth-order valence-electron chi connectivity index (χ4n) is 2.46. The van der Waals surface area contributed by atoms with Crippen LogP contribution in [0.1, 0.15) is 29.8 Å². The third-order valence-electron chi connectivity index (χ3n) is 3.97. The van der Waals surface area contributed by atoms with Crippen LogP contribution in [0, 0.1) is 12.8 Å². The van der Waals surface area contributed by atoms with Crippen molar-refractivity contribution in [2.45, 2.75) is 26.8 Å². The number of primary amides is 1. The van der Waals surface area contributed by atoms with Crippen molar-refractivity contribution in [2.24, 2.45) is 11.7 Å². The molecule has 1 unspecified atom stereocenters. The Bertz CT molecular complexity index is 814. The van der Waals surface area contributed by atoms with Crippen LogP contribution in [0.2, 0.25) is 0 Å². The van der Waals surface area contributed by atoms with Crippen molar-refractivity contribution in [2.75, 3.05) is 10.6 Å². The SMILES string of the molecule is Cc1ccc(C(=O)NC(C(=O)Nc2ccc(NC(N)=O)cc2)C(C)C)cc1. The van der Waals surface area contributed by atoms with Gasteiger partial charge in [-0.05, 0) is 49.2 Å². The van der Waals surface area contributed by atoms with E-state index in [-0.39, 0.29) is 17.7 Å². The lowest BCUT2D eigenvalue weighted by molar-refractivity contribution is -0.118. The molecular formula is C20H24N4O3. The molecule has 7 heteroatoms. The van der Waals surface area contributed by atoms with E-state index in [0.717, 1.165) is 5.56 Å². The molecule has 0 aliphatic carbocycles. The van der Waals surface area contributed by atoms with E-state index < -0.39 is 12.1 Å². The number of urea groups is 1. The predicted octanol–water partition coefficient (Wildman–Crippen LogP) is 2.88. The number of carbonyl (C=O) groups is 3. The number of anilines is 2. The van der Waals surface area contributed by atoms with Crippen molar-refractivity contribution in [3.05, 3.63) is 59.7 Å². The first-order chi connectivity index (χ1) is 12.8. The molecule has 0 aromatic heterocycles. The topological polar surface area (TPSA) is 113 Å². The van der Waals surface area contributed by atoms with E-state index in [0.29, 0.717) is 16.9 Å². The van der Waals surface area contributed by atoms with Crippen LogP contribution in [0.5, 0.6) is 0 Å². The van der Waals surface area contributed by atoms with Crippen LogP contribution in [0.15, 0.2) is 48.5 Å². The van der Waals surface area contributed by atoms with Gasteiger partial charge in [-0.25, -0.2) is 4.79 Å². The molecule has 2 rings (SSSR count). The molecule has 0 spiro atoms. The number of aryl methyl sites for hydroxylation is 1. The van der Waals surface area contributed by atoms with Gasteiger partial charge in [-0.15, -0.1) is 0 Å². The fraction of sp³-hybridized carbons (Fsp3) is 0.250. The van der Waals surface area contributed by atoms with Crippen molar-refractivity contribution in [1.82, 2.24) is 5.32 Å². The first-order valence-electron chi connectivity index (χ1n) is 8.61. The molecule has 0 saturated carbocycles. The standard InChI is InChI=1S/C20H24N4O3/c1-12(2)17(24-18(25)14-6-4-13(3)5-7-14)19(26)22-15-8-10-16(11-9-15)23-20(21)27/h4-12,17H,1-3H3,(H,22,26)(H,24,25)(H3,21,23,27). The van der Waals surface area contributed by atoms with Gasteiger partial charge in [0.05, 0.1) is 0 Å². The lowest BCUT2D eigenvalue weighted by Gasteiger charge is -2.22. The lowest BCUT2D eigenvalue weighted by atomic mass is 10.0.